The quantitative estimate of drug-likeness (QED) is 0.581. The zero-order valence-corrected chi connectivity index (χ0v) is 18.3. The summed E-state index contributed by atoms with van der Waals surface area (Å²) in [5.41, 5.74) is -0.581. The van der Waals surface area contributed by atoms with Crippen molar-refractivity contribution in [1.82, 2.24) is 10.0 Å². The monoisotopic (exact) mass is 425 g/mol. The number of carbonyl (C=O) groups excluding carboxylic acids is 2. The van der Waals surface area contributed by atoms with Gasteiger partial charge in [-0.1, -0.05) is 25.8 Å². The average molecular weight is 426 g/mol. The first-order valence-electron chi connectivity index (χ1n) is 9.79. The summed E-state index contributed by atoms with van der Waals surface area (Å²) in [6, 6.07) is 6.13. The molecule has 0 heterocycles. The number of ether oxygens (including phenoxy) is 1. The Balaban J connectivity index is 1.91. The fourth-order valence-electron chi connectivity index (χ4n) is 3.15. The van der Waals surface area contributed by atoms with Crippen LogP contribution in [0.2, 0.25) is 0 Å². The fraction of sp³-hybridized carbons (Fsp3) is 0.600. The first kappa shape index (κ1) is 23.2. The molecule has 1 aromatic carbocycles. The maximum Gasteiger partial charge on any atom is 0.407 e. The number of alkyl carbamates (subject to hydrolysis) is 1. The summed E-state index contributed by atoms with van der Waals surface area (Å²) in [6.45, 7) is 7.27. The van der Waals surface area contributed by atoms with Crippen LogP contribution in [0.3, 0.4) is 0 Å². The van der Waals surface area contributed by atoms with Crippen LogP contribution in [0.1, 0.15) is 53.4 Å². The molecule has 0 radical (unpaired) electrons. The van der Waals surface area contributed by atoms with Gasteiger partial charge in [-0.2, -0.15) is 0 Å². The van der Waals surface area contributed by atoms with Crippen molar-refractivity contribution in [3.63, 3.8) is 0 Å². The second kappa shape index (κ2) is 9.13. The summed E-state index contributed by atoms with van der Waals surface area (Å²) in [7, 11) is -3.78. The lowest BCUT2D eigenvalue weighted by atomic mass is 9.88. The first-order valence-corrected chi connectivity index (χ1v) is 11.3. The maximum absolute atomic E-state index is 12.5. The van der Waals surface area contributed by atoms with Gasteiger partial charge in [-0.25, -0.2) is 17.9 Å². The molecule has 0 saturated heterocycles. The highest BCUT2D eigenvalue weighted by atomic mass is 32.2. The lowest BCUT2D eigenvalue weighted by Gasteiger charge is -2.22. The zero-order chi connectivity index (χ0) is 21.7. The highest BCUT2D eigenvalue weighted by Crippen LogP contribution is 2.38. The third kappa shape index (κ3) is 7.01. The molecule has 2 rings (SSSR count). The number of amides is 2. The Hall–Kier alpha value is -2.13. The Bertz CT molecular complexity index is 840. The third-order valence-corrected chi connectivity index (χ3v) is 6.20. The van der Waals surface area contributed by atoms with Crippen LogP contribution in [0.5, 0.6) is 0 Å². The van der Waals surface area contributed by atoms with Crippen molar-refractivity contribution in [1.29, 1.82) is 0 Å². The number of hydrogen-bond donors (Lipinski definition) is 3. The standard InChI is InChI=1S/C20H31N3O5S/c1-19(2,3)28-18(25)21-12-13-22-29(26,27)16-9-7-8-15(14-16)23-17(24)20(4)10-5-6-11-20/h7-9,14,22H,5-6,10-13H2,1-4H3,(H,21,25)(H,23,24). The average Bonchev–Trinajstić information content (AvgIpc) is 3.06. The molecule has 0 bridgehead atoms. The lowest BCUT2D eigenvalue weighted by Crippen LogP contribution is -2.37. The Labute approximate surface area is 172 Å². The van der Waals surface area contributed by atoms with E-state index in [0.29, 0.717) is 5.69 Å². The Morgan fingerprint density at radius 1 is 1.14 bits per heavy atom. The molecule has 8 nitrogen and oxygen atoms in total. The molecular weight excluding hydrogens is 394 g/mol. The van der Waals surface area contributed by atoms with Crippen molar-refractivity contribution in [2.45, 2.75) is 63.9 Å². The molecular formula is C20H31N3O5S. The fourth-order valence-corrected chi connectivity index (χ4v) is 4.23. The number of rotatable bonds is 7. The Morgan fingerprint density at radius 3 is 2.41 bits per heavy atom. The Kier molecular flexibility index (Phi) is 7.29. The van der Waals surface area contributed by atoms with Crippen molar-refractivity contribution in [2.75, 3.05) is 18.4 Å². The number of sulfonamides is 1. The van der Waals surface area contributed by atoms with Crippen LogP contribution in [0, 0.1) is 5.41 Å². The summed E-state index contributed by atoms with van der Waals surface area (Å²) in [6.07, 6.45) is 3.12. The van der Waals surface area contributed by atoms with Gasteiger partial charge in [-0.15, -0.1) is 0 Å². The molecule has 162 valence electrons. The SMILES string of the molecule is CC(C)(C)OC(=O)NCCNS(=O)(=O)c1cccc(NC(=O)C2(C)CCCC2)c1. The molecule has 1 fully saturated rings. The van der Waals surface area contributed by atoms with Crippen LogP contribution in [0.4, 0.5) is 10.5 Å². The van der Waals surface area contributed by atoms with Gasteiger partial charge in [-0.3, -0.25) is 4.79 Å². The molecule has 1 aromatic rings. The van der Waals surface area contributed by atoms with Gasteiger partial charge in [0.15, 0.2) is 0 Å². The molecule has 0 unspecified atom stereocenters. The number of benzene rings is 1. The van der Waals surface area contributed by atoms with Gasteiger partial charge in [0.1, 0.15) is 5.60 Å². The minimum atomic E-state index is -3.78. The molecule has 9 heteroatoms. The predicted molar refractivity (Wildman–Crippen MR) is 111 cm³/mol. The molecule has 29 heavy (non-hydrogen) atoms. The number of carbonyl (C=O) groups is 2. The van der Waals surface area contributed by atoms with E-state index in [4.69, 9.17) is 4.74 Å². The highest BCUT2D eigenvalue weighted by molar-refractivity contribution is 7.89. The number of nitrogens with one attached hydrogen (secondary N) is 3. The molecule has 1 aliphatic carbocycles. The van der Waals surface area contributed by atoms with Crippen LogP contribution in [0.15, 0.2) is 29.2 Å². The second-order valence-corrected chi connectivity index (χ2v) is 10.3. The lowest BCUT2D eigenvalue weighted by molar-refractivity contribution is -0.124. The highest BCUT2D eigenvalue weighted by Gasteiger charge is 2.36. The van der Waals surface area contributed by atoms with E-state index in [1.165, 1.54) is 12.1 Å². The molecule has 0 atom stereocenters. The van der Waals surface area contributed by atoms with Crippen molar-refractivity contribution < 1.29 is 22.7 Å². The summed E-state index contributed by atoms with van der Waals surface area (Å²) in [5, 5.41) is 5.33. The van der Waals surface area contributed by atoms with Crippen molar-refractivity contribution in [2.24, 2.45) is 5.41 Å². The summed E-state index contributed by atoms with van der Waals surface area (Å²) in [5.74, 6) is -0.0842. The van der Waals surface area contributed by atoms with E-state index in [1.807, 2.05) is 6.92 Å². The Morgan fingerprint density at radius 2 is 1.79 bits per heavy atom. The minimum absolute atomic E-state index is 0.0102. The van der Waals surface area contributed by atoms with E-state index in [2.05, 4.69) is 15.4 Å². The van der Waals surface area contributed by atoms with E-state index in [0.717, 1.165) is 25.7 Å². The van der Waals surface area contributed by atoms with Gasteiger partial charge >= 0.3 is 6.09 Å². The van der Waals surface area contributed by atoms with Crippen molar-refractivity contribution in [3.8, 4) is 0 Å². The topological polar surface area (TPSA) is 114 Å². The van der Waals surface area contributed by atoms with Gasteiger partial charge in [0.05, 0.1) is 4.90 Å². The molecule has 1 aliphatic rings. The van der Waals surface area contributed by atoms with E-state index >= 15 is 0 Å². The molecule has 2 amide bonds. The van der Waals surface area contributed by atoms with E-state index < -0.39 is 27.1 Å². The number of anilines is 1. The van der Waals surface area contributed by atoms with Gasteiger partial charge in [-0.05, 0) is 51.8 Å². The third-order valence-electron chi connectivity index (χ3n) is 4.74. The molecule has 3 N–H and O–H groups in total. The number of hydrogen-bond acceptors (Lipinski definition) is 5. The van der Waals surface area contributed by atoms with Crippen LogP contribution in [-0.2, 0) is 19.6 Å². The zero-order valence-electron chi connectivity index (χ0n) is 17.5. The van der Waals surface area contributed by atoms with E-state index in [1.54, 1.807) is 32.9 Å². The normalized spacial score (nSPS) is 16.3. The molecule has 0 aromatic heterocycles. The van der Waals surface area contributed by atoms with E-state index in [9.17, 15) is 18.0 Å². The predicted octanol–water partition coefficient (Wildman–Crippen LogP) is 3.01. The maximum atomic E-state index is 12.5. The largest absolute Gasteiger partial charge is 0.444 e. The first-order chi connectivity index (χ1) is 13.4. The van der Waals surface area contributed by atoms with Crippen LogP contribution in [0.25, 0.3) is 0 Å². The second-order valence-electron chi connectivity index (χ2n) is 8.58. The summed E-state index contributed by atoms with van der Waals surface area (Å²) < 4.78 is 32.5. The molecule has 0 spiro atoms. The van der Waals surface area contributed by atoms with Gasteiger partial charge in [0.25, 0.3) is 0 Å². The van der Waals surface area contributed by atoms with Crippen LogP contribution in [-0.4, -0.2) is 39.1 Å². The van der Waals surface area contributed by atoms with Crippen molar-refractivity contribution >= 4 is 27.7 Å². The van der Waals surface area contributed by atoms with Crippen LogP contribution >= 0.6 is 0 Å². The smallest absolute Gasteiger partial charge is 0.407 e. The van der Waals surface area contributed by atoms with Gasteiger partial charge < -0.3 is 15.4 Å². The van der Waals surface area contributed by atoms with Crippen LogP contribution < -0.4 is 15.4 Å². The molecule has 1 saturated carbocycles. The minimum Gasteiger partial charge on any atom is -0.444 e. The van der Waals surface area contributed by atoms with Gasteiger partial charge in [0, 0.05) is 24.2 Å². The molecule has 0 aliphatic heterocycles. The van der Waals surface area contributed by atoms with E-state index in [-0.39, 0.29) is 23.9 Å². The van der Waals surface area contributed by atoms with Crippen molar-refractivity contribution in [3.05, 3.63) is 24.3 Å². The van der Waals surface area contributed by atoms with Gasteiger partial charge in [0.2, 0.25) is 15.9 Å². The summed E-state index contributed by atoms with van der Waals surface area (Å²) >= 11 is 0. The summed E-state index contributed by atoms with van der Waals surface area (Å²) in [4.78, 5) is 24.2.